The minimum absolute atomic E-state index is 0.127. The van der Waals surface area contributed by atoms with E-state index in [1.807, 2.05) is 6.08 Å². The van der Waals surface area contributed by atoms with Crippen LogP contribution in [0.4, 0.5) is 11.4 Å². The molecule has 0 fully saturated rings. The Balaban J connectivity index is 3.19. The maximum absolute atomic E-state index is 10.8. The van der Waals surface area contributed by atoms with Crippen LogP contribution in [-0.4, -0.2) is 17.9 Å². The van der Waals surface area contributed by atoms with Crippen LogP contribution in [0.1, 0.15) is 12.0 Å². The lowest BCUT2D eigenvalue weighted by Crippen LogP contribution is -1.99. The minimum atomic E-state index is -0.531. The van der Waals surface area contributed by atoms with Crippen molar-refractivity contribution in [1.82, 2.24) is 0 Å². The van der Waals surface area contributed by atoms with Gasteiger partial charge >= 0.3 is 0 Å². The molecule has 1 aromatic carbocycles. The molecule has 0 aromatic heterocycles. The lowest BCUT2D eigenvalue weighted by Gasteiger charge is -2.05. The van der Waals surface area contributed by atoms with Gasteiger partial charge in [-0.05, 0) is 12.5 Å². The first-order chi connectivity index (χ1) is 8.10. The third-order valence-corrected chi connectivity index (χ3v) is 2.39. The highest BCUT2D eigenvalue weighted by Gasteiger charge is 2.16. The van der Waals surface area contributed by atoms with E-state index in [-0.39, 0.29) is 11.4 Å². The quantitative estimate of drug-likeness (QED) is 0.380. The van der Waals surface area contributed by atoms with Crippen LogP contribution in [0.2, 0.25) is 0 Å². The largest absolute Gasteiger partial charge is 0.496 e. The first kappa shape index (κ1) is 13.3. The van der Waals surface area contributed by atoms with E-state index in [0.717, 1.165) is 0 Å². The Morgan fingerprint density at radius 2 is 2.29 bits per heavy atom. The smallest absolute Gasteiger partial charge is 0.296 e. The van der Waals surface area contributed by atoms with Crippen LogP contribution < -0.4 is 10.5 Å². The number of rotatable bonds is 5. The molecular weight excluding hydrogens is 244 g/mol. The molecule has 0 saturated heterocycles. The predicted molar refractivity (Wildman–Crippen MR) is 68.4 cm³/mol. The van der Waals surface area contributed by atoms with E-state index in [4.69, 9.17) is 22.1 Å². The van der Waals surface area contributed by atoms with Crippen molar-refractivity contribution < 1.29 is 9.66 Å². The summed E-state index contributed by atoms with van der Waals surface area (Å²) >= 11 is 5.53. The third-order valence-electron chi connectivity index (χ3n) is 2.17. The van der Waals surface area contributed by atoms with Crippen LogP contribution in [0.25, 0.3) is 6.08 Å². The summed E-state index contributed by atoms with van der Waals surface area (Å²) in [4.78, 5) is 10.3. The van der Waals surface area contributed by atoms with Gasteiger partial charge in [0, 0.05) is 11.4 Å². The topological polar surface area (TPSA) is 78.4 Å². The lowest BCUT2D eigenvalue weighted by molar-refractivity contribution is -0.384. The second-order valence-electron chi connectivity index (χ2n) is 3.29. The molecule has 17 heavy (non-hydrogen) atoms. The molecule has 0 saturated carbocycles. The van der Waals surface area contributed by atoms with Crippen LogP contribution in [0.5, 0.6) is 5.75 Å². The van der Waals surface area contributed by atoms with Crippen molar-refractivity contribution in [1.29, 1.82) is 0 Å². The molecule has 1 rings (SSSR count). The standard InChI is InChI=1S/C11H13ClN2O3/c1-17-9-6-8(4-2-3-5-12)11(13)10(7-9)14(15)16/h2,4,6-7H,3,5,13H2,1H3. The average molecular weight is 257 g/mol. The Morgan fingerprint density at radius 1 is 1.59 bits per heavy atom. The van der Waals surface area contributed by atoms with Gasteiger partial charge in [0.2, 0.25) is 0 Å². The van der Waals surface area contributed by atoms with E-state index in [1.165, 1.54) is 13.2 Å². The van der Waals surface area contributed by atoms with Crippen LogP contribution >= 0.6 is 11.6 Å². The highest BCUT2D eigenvalue weighted by molar-refractivity contribution is 6.17. The van der Waals surface area contributed by atoms with Crippen molar-refractivity contribution in [2.75, 3.05) is 18.7 Å². The van der Waals surface area contributed by atoms with Crippen LogP contribution in [0, 0.1) is 10.1 Å². The number of alkyl halides is 1. The average Bonchev–Trinajstić information content (AvgIpc) is 2.31. The number of nitrogen functional groups attached to an aromatic ring is 1. The molecule has 0 atom stereocenters. The Kier molecular flexibility index (Phi) is 4.78. The summed E-state index contributed by atoms with van der Waals surface area (Å²) in [5.41, 5.74) is 6.23. The SMILES string of the molecule is COc1cc(C=CCCCl)c(N)c([N+](=O)[O-])c1. The molecule has 1 aromatic rings. The summed E-state index contributed by atoms with van der Waals surface area (Å²) in [6.45, 7) is 0. The molecule has 0 bridgehead atoms. The number of allylic oxidation sites excluding steroid dienone is 1. The number of ether oxygens (including phenoxy) is 1. The number of hydrogen-bond acceptors (Lipinski definition) is 4. The number of benzene rings is 1. The Morgan fingerprint density at radius 3 is 2.82 bits per heavy atom. The van der Waals surface area contributed by atoms with Gasteiger partial charge in [0.15, 0.2) is 0 Å². The van der Waals surface area contributed by atoms with Gasteiger partial charge in [-0.1, -0.05) is 12.2 Å². The summed E-state index contributed by atoms with van der Waals surface area (Å²) in [5.74, 6) is 0.888. The molecule has 0 radical (unpaired) electrons. The zero-order valence-corrected chi connectivity index (χ0v) is 10.1. The maximum Gasteiger partial charge on any atom is 0.296 e. The van der Waals surface area contributed by atoms with Crippen molar-refractivity contribution in [3.63, 3.8) is 0 Å². The van der Waals surface area contributed by atoms with Crippen molar-refractivity contribution in [3.05, 3.63) is 33.9 Å². The van der Waals surface area contributed by atoms with Crippen LogP contribution in [-0.2, 0) is 0 Å². The highest BCUT2D eigenvalue weighted by atomic mass is 35.5. The number of nitrogens with zero attached hydrogens (tertiary/aromatic N) is 1. The first-order valence-corrected chi connectivity index (χ1v) is 5.48. The molecule has 5 nitrogen and oxygen atoms in total. The first-order valence-electron chi connectivity index (χ1n) is 4.94. The molecule has 6 heteroatoms. The van der Waals surface area contributed by atoms with Gasteiger partial charge < -0.3 is 10.5 Å². The van der Waals surface area contributed by atoms with Gasteiger partial charge in [0.1, 0.15) is 11.4 Å². The van der Waals surface area contributed by atoms with Gasteiger partial charge in [-0.15, -0.1) is 11.6 Å². The Labute approximate surface area is 104 Å². The Bertz CT molecular complexity index is 447. The summed E-state index contributed by atoms with van der Waals surface area (Å²) in [6.07, 6.45) is 4.18. The van der Waals surface area contributed by atoms with E-state index in [0.29, 0.717) is 23.6 Å². The molecule has 0 aliphatic rings. The number of anilines is 1. The normalized spacial score (nSPS) is 10.7. The second-order valence-corrected chi connectivity index (χ2v) is 3.66. The number of nitro benzene ring substituents is 1. The van der Waals surface area contributed by atoms with E-state index >= 15 is 0 Å². The zero-order chi connectivity index (χ0) is 12.8. The van der Waals surface area contributed by atoms with Crippen molar-refractivity contribution in [2.24, 2.45) is 0 Å². The van der Waals surface area contributed by atoms with Gasteiger partial charge in [0.25, 0.3) is 5.69 Å². The maximum atomic E-state index is 10.8. The summed E-state index contributed by atoms with van der Waals surface area (Å²) in [7, 11) is 1.45. The van der Waals surface area contributed by atoms with Crippen molar-refractivity contribution in [3.8, 4) is 5.75 Å². The molecule has 0 heterocycles. The van der Waals surface area contributed by atoms with Gasteiger partial charge in [-0.2, -0.15) is 0 Å². The number of methoxy groups -OCH3 is 1. The summed E-state index contributed by atoms with van der Waals surface area (Å²) in [6, 6.07) is 2.95. The van der Waals surface area contributed by atoms with Crippen LogP contribution in [0.15, 0.2) is 18.2 Å². The number of nitro groups is 1. The molecule has 92 valence electrons. The molecule has 0 spiro atoms. The van der Waals surface area contributed by atoms with Crippen molar-refractivity contribution in [2.45, 2.75) is 6.42 Å². The van der Waals surface area contributed by atoms with Gasteiger partial charge in [-0.25, -0.2) is 0 Å². The third kappa shape index (κ3) is 3.35. The Hall–Kier alpha value is -1.75. The van der Waals surface area contributed by atoms with Crippen molar-refractivity contribution >= 4 is 29.1 Å². The van der Waals surface area contributed by atoms with E-state index in [9.17, 15) is 10.1 Å². The summed E-state index contributed by atoms with van der Waals surface area (Å²) in [5, 5.41) is 10.8. The number of hydrogen-bond donors (Lipinski definition) is 1. The summed E-state index contributed by atoms with van der Waals surface area (Å²) < 4.78 is 4.99. The predicted octanol–water partition coefficient (Wildman–Crippen LogP) is 2.83. The molecular formula is C11H13ClN2O3. The van der Waals surface area contributed by atoms with Crippen LogP contribution in [0.3, 0.4) is 0 Å². The lowest BCUT2D eigenvalue weighted by atomic mass is 10.1. The van der Waals surface area contributed by atoms with Gasteiger partial charge in [0.05, 0.1) is 18.1 Å². The van der Waals surface area contributed by atoms with E-state index in [2.05, 4.69) is 0 Å². The minimum Gasteiger partial charge on any atom is -0.496 e. The highest BCUT2D eigenvalue weighted by Crippen LogP contribution is 2.31. The van der Waals surface area contributed by atoms with E-state index < -0.39 is 4.92 Å². The molecule has 2 N–H and O–H groups in total. The molecule has 0 unspecified atom stereocenters. The van der Waals surface area contributed by atoms with Gasteiger partial charge in [-0.3, -0.25) is 10.1 Å². The number of nitrogens with two attached hydrogens (primary N) is 1. The zero-order valence-electron chi connectivity index (χ0n) is 9.35. The molecule has 0 amide bonds. The monoisotopic (exact) mass is 256 g/mol. The molecule has 0 aliphatic heterocycles. The molecule has 0 aliphatic carbocycles. The fourth-order valence-electron chi connectivity index (χ4n) is 1.31. The number of halogens is 1. The van der Waals surface area contributed by atoms with E-state index in [1.54, 1.807) is 12.1 Å². The fourth-order valence-corrected chi connectivity index (χ4v) is 1.44. The second kappa shape index (κ2) is 6.10. The fraction of sp³-hybridized carbons (Fsp3) is 0.273.